The first-order valence-electron chi connectivity index (χ1n) is 12.1. The normalized spacial score (nSPS) is 20.2. The molecular formula is C24H28F3N7O3. The molecule has 2 aliphatic heterocycles. The van der Waals surface area contributed by atoms with Gasteiger partial charge in [-0.15, -0.1) is 0 Å². The van der Waals surface area contributed by atoms with Crippen molar-refractivity contribution in [3.63, 3.8) is 0 Å². The Morgan fingerprint density at radius 3 is 2.76 bits per heavy atom. The van der Waals surface area contributed by atoms with Crippen LogP contribution in [0.25, 0.3) is 0 Å². The topological polar surface area (TPSA) is 118 Å². The van der Waals surface area contributed by atoms with Crippen LogP contribution in [0, 0.1) is 11.3 Å². The summed E-state index contributed by atoms with van der Waals surface area (Å²) in [5.74, 6) is 0.702. The molecule has 4 rings (SSSR count). The van der Waals surface area contributed by atoms with Gasteiger partial charge in [-0.25, -0.2) is 10.1 Å². The summed E-state index contributed by atoms with van der Waals surface area (Å²) in [6, 6.07) is 5.15. The van der Waals surface area contributed by atoms with Crippen LogP contribution in [0.4, 0.5) is 24.7 Å². The third-order valence-corrected chi connectivity index (χ3v) is 6.73. The first kappa shape index (κ1) is 26.4. The molecule has 13 heteroatoms. The Labute approximate surface area is 211 Å². The molecule has 1 amide bonds. The van der Waals surface area contributed by atoms with Gasteiger partial charge in [-0.1, -0.05) is 0 Å². The van der Waals surface area contributed by atoms with Crippen molar-refractivity contribution in [3.8, 4) is 6.07 Å². The molecule has 4 heterocycles. The zero-order chi connectivity index (χ0) is 26.6. The largest absolute Gasteiger partial charge is 0.423 e. The van der Waals surface area contributed by atoms with Crippen LogP contribution in [0.5, 0.6) is 0 Å². The molecule has 0 unspecified atom stereocenters. The van der Waals surface area contributed by atoms with Crippen LogP contribution in [0.15, 0.2) is 29.3 Å². The molecule has 0 saturated carbocycles. The number of hydrogen-bond donors (Lipinski definition) is 1. The summed E-state index contributed by atoms with van der Waals surface area (Å²) in [6.07, 6.45) is -0.819. The second-order valence-electron chi connectivity index (χ2n) is 9.17. The molecule has 0 aliphatic carbocycles. The van der Waals surface area contributed by atoms with Crippen molar-refractivity contribution in [2.75, 3.05) is 49.2 Å². The number of carbonyl (C=O) groups excluding carboxylic acids is 1. The van der Waals surface area contributed by atoms with Gasteiger partial charge in [0.1, 0.15) is 17.5 Å². The summed E-state index contributed by atoms with van der Waals surface area (Å²) in [7, 11) is 0. The summed E-state index contributed by atoms with van der Waals surface area (Å²) in [5, 5.41) is 14.3. The van der Waals surface area contributed by atoms with Crippen molar-refractivity contribution in [3.05, 3.63) is 46.0 Å². The van der Waals surface area contributed by atoms with Crippen LogP contribution in [0.3, 0.4) is 0 Å². The maximum atomic E-state index is 13.5. The summed E-state index contributed by atoms with van der Waals surface area (Å²) >= 11 is 0. The Hall–Kier alpha value is -3.66. The van der Waals surface area contributed by atoms with Crippen molar-refractivity contribution in [1.29, 1.82) is 5.26 Å². The molecule has 2 fully saturated rings. The second kappa shape index (κ2) is 11.2. The van der Waals surface area contributed by atoms with E-state index in [0.717, 1.165) is 12.0 Å². The molecule has 2 atom stereocenters. The monoisotopic (exact) mass is 519 g/mol. The molecule has 0 aromatic carbocycles. The quantitative estimate of drug-likeness (QED) is 0.553. The predicted octanol–water partition coefficient (Wildman–Crippen LogP) is 2.17. The molecule has 2 aliphatic rings. The van der Waals surface area contributed by atoms with Gasteiger partial charge in [0, 0.05) is 38.4 Å². The number of piperazine rings is 1. The maximum Gasteiger partial charge on any atom is 0.423 e. The lowest BCUT2D eigenvalue weighted by Gasteiger charge is -2.40. The van der Waals surface area contributed by atoms with Crippen molar-refractivity contribution >= 4 is 17.4 Å². The lowest BCUT2D eigenvalue weighted by Crippen LogP contribution is -2.54. The lowest BCUT2D eigenvalue weighted by atomic mass is 10.1. The van der Waals surface area contributed by atoms with Gasteiger partial charge in [0.2, 0.25) is 5.91 Å². The van der Waals surface area contributed by atoms with Gasteiger partial charge in [0.05, 0.1) is 43.1 Å². The van der Waals surface area contributed by atoms with Crippen molar-refractivity contribution in [1.82, 2.24) is 20.1 Å². The van der Waals surface area contributed by atoms with Crippen LogP contribution in [-0.4, -0.2) is 77.5 Å². The van der Waals surface area contributed by atoms with Gasteiger partial charge in [-0.3, -0.25) is 9.59 Å². The molecule has 2 saturated heterocycles. The number of aromatic nitrogens is 3. The molecule has 0 spiro atoms. The number of pyridine rings is 1. The average molecular weight is 520 g/mol. The number of ether oxygens (including phenoxy) is 1. The Morgan fingerprint density at radius 1 is 1.27 bits per heavy atom. The molecule has 0 bridgehead atoms. The minimum absolute atomic E-state index is 0.0477. The predicted molar refractivity (Wildman–Crippen MR) is 128 cm³/mol. The molecule has 198 valence electrons. The Bertz CT molecular complexity index is 1200. The molecular weight excluding hydrogens is 491 g/mol. The first-order chi connectivity index (χ1) is 17.7. The third kappa shape index (κ3) is 6.02. The molecule has 2 aromatic heterocycles. The minimum Gasteiger partial charge on any atom is -0.379 e. The number of nitrogens with zero attached hydrogens (tertiary/aromatic N) is 6. The number of nitrogens with one attached hydrogen (secondary N) is 1. The highest BCUT2D eigenvalue weighted by Crippen LogP contribution is 2.36. The maximum absolute atomic E-state index is 13.5. The smallest absolute Gasteiger partial charge is 0.379 e. The standard InChI is InChI=1S/C24H28F3N7O3/c1-16-14-32(20-5-4-17(11-28)12-29-20)8-9-33(16)21(35)6-10-37-15-18-3-2-7-34(18)19-13-30-31-23(36)22(19)24(25,26)27/h4-5,12-13,16,18H,2-3,6-10,14-15H2,1H3,(H,31,36)/t16-,18-/m0/s1. The number of aromatic amines is 1. The Morgan fingerprint density at radius 2 is 2.08 bits per heavy atom. The van der Waals surface area contributed by atoms with E-state index in [-0.39, 0.29) is 43.3 Å². The molecule has 10 nitrogen and oxygen atoms in total. The van der Waals surface area contributed by atoms with E-state index in [4.69, 9.17) is 10.00 Å². The first-order valence-corrected chi connectivity index (χ1v) is 12.1. The van der Waals surface area contributed by atoms with E-state index in [9.17, 15) is 22.8 Å². The highest BCUT2D eigenvalue weighted by atomic mass is 19.4. The molecule has 1 N–H and O–H groups in total. The van der Waals surface area contributed by atoms with Gasteiger partial charge in [0.15, 0.2) is 0 Å². The third-order valence-electron chi connectivity index (χ3n) is 6.73. The number of rotatable bonds is 7. The highest BCUT2D eigenvalue weighted by molar-refractivity contribution is 5.77. The van der Waals surface area contributed by atoms with Crippen molar-refractivity contribution in [2.24, 2.45) is 0 Å². The second-order valence-corrected chi connectivity index (χ2v) is 9.17. The van der Waals surface area contributed by atoms with Crippen LogP contribution >= 0.6 is 0 Å². The fraction of sp³-hybridized carbons (Fsp3) is 0.542. The van der Waals surface area contributed by atoms with Crippen LogP contribution in [-0.2, 0) is 15.7 Å². The fourth-order valence-electron chi connectivity index (χ4n) is 4.90. The number of nitriles is 1. The fourth-order valence-corrected chi connectivity index (χ4v) is 4.90. The van der Waals surface area contributed by atoms with E-state index in [1.807, 2.05) is 18.1 Å². The van der Waals surface area contributed by atoms with Crippen LogP contribution in [0.1, 0.15) is 37.3 Å². The van der Waals surface area contributed by atoms with Crippen LogP contribution in [0.2, 0.25) is 0 Å². The SMILES string of the molecule is C[C@H]1CN(c2ccc(C#N)cn2)CCN1C(=O)CCOC[C@@H]1CCCN1c1cn[nH]c(=O)c1C(F)(F)F. The van der Waals surface area contributed by atoms with Gasteiger partial charge >= 0.3 is 6.18 Å². The summed E-state index contributed by atoms with van der Waals surface area (Å²) in [6.45, 7) is 4.34. The number of carbonyl (C=O) groups is 1. The van der Waals surface area contributed by atoms with E-state index in [1.54, 1.807) is 17.0 Å². The lowest BCUT2D eigenvalue weighted by molar-refractivity contribution is -0.138. The number of amides is 1. The van der Waals surface area contributed by atoms with Gasteiger partial charge in [-0.05, 0) is 31.9 Å². The number of halogens is 3. The van der Waals surface area contributed by atoms with Crippen molar-refractivity contribution in [2.45, 2.75) is 44.4 Å². The average Bonchev–Trinajstić information content (AvgIpc) is 3.34. The van der Waals surface area contributed by atoms with Gasteiger partial charge in [0.25, 0.3) is 5.56 Å². The van der Waals surface area contributed by atoms with E-state index in [0.29, 0.717) is 44.6 Å². The number of hydrogen-bond acceptors (Lipinski definition) is 8. The van der Waals surface area contributed by atoms with Crippen LogP contribution < -0.4 is 15.4 Å². The summed E-state index contributed by atoms with van der Waals surface area (Å²) in [5.41, 5.74) is -2.29. The minimum atomic E-state index is -4.80. The highest BCUT2D eigenvalue weighted by Gasteiger charge is 2.40. The molecule has 0 radical (unpaired) electrons. The van der Waals surface area contributed by atoms with E-state index >= 15 is 0 Å². The zero-order valence-corrected chi connectivity index (χ0v) is 20.4. The number of anilines is 2. The number of H-pyrrole nitrogens is 1. The Kier molecular flexibility index (Phi) is 7.97. The van der Waals surface area contributed by atoms with Crippen molar-refractivity contribution < 1.29 is 22.7 Å². The van der Waals surface area contributed by atoms with E-state index < -0.39 is 17.3 Å². The van der Waals surface area contributed by atoms with Gasteiger partial charge in [-0.2, -0.15) is 23.5 Å². The van der Waals surface area contributed by atoms with Gasteiger partial charge < -0.3 is 19.4 Å². The molecule has 37 heavy (non-hydrogen) atoms. The zero-order valence-electron chi connectivity index (χ0n) is 20.4. The Balaban J connectivity index is 1.27. The molecule has 2 aromatic rings. The summed E-state index contributed by atoms with van der Waals surface area (Å²) in [4.78, 5) is 34.3. The van der Waals surface area contributed by atoms with E-state index in [2.05, 4.69) is 15.0 Å². The number of alkyl halides is 3. The summed E-state index contributed by atoms with van der Waals surface area (Å²) < 4.78 is 46.1. The van der Waals surface area contributed by atoms with E-state index in [1.165, 1.54) is 11.1 Å².